The van der Waals surface area contributed by atoms with Gasteiger partial charge in [-0.25, -0.2) is 4.79 Å². The van der Waals surface area contributed by atoms with Gasteiger partial charge in [-0.1, -0.05) is 25.0 Å². The number of carbonyl (C=O) groups is 2. The van der Waals surface area contributed by atoms with Crippen molar-refractivity contribution < 1.29 is 14.3 Å². The zero-order valence-electron chi connectivity index (χ0n) is 14.6. The largest absolute Gasteiger partial charge is 0.465 e. The summed E-state index contributed by atoms with van der Waals surface area (Å²) in [5, 5.41) is 6.54. The van der Waals surface area contributed by atoms with Crippen LogP contribution in [0.1, 0.15) is 48.0 Å². The van der Waals surface area contributed by atoms with Crippen molar-refractivity contribution >= 4 is 24.3 Å². The van der Waals surface area contributed by atoms with Gasteiger partial charge in [0.1, 0.15) is 0 Å². The molecule has 1 amide bonds. The second-order valence-corrected chi connectivity index (χ2v) is 6.84. The van der Waals surface area contributed by atoms with Gasteiger partial charge in [-0.2, -0.15) is 0 Å². The van der Waals surface area contributed by atoms with Crippen LogP contribution in [-0.2, 0) is 16.0 Å². The zero-order chi connectivity index (χ0) is 16.9. The van der Waals surface area contributed by atoms with Crippen LogP contribution in [0.5, 0.6) is 0 Å². The predicted molar refractivity (Wildman–Crippen MR) is 99.0 cm³/mol. The standard InChI is InChI=1S/C19H26N2O3.ClH/c1-24-19(23)14-8-6-13(7-9-14)10-11-20-18(22)17-12-15-4-2-3-5-16(15)21-17;/h6-9,15-17,21H,2-5,10-12H2,1H3,(H,20,22);1H. The fourth-order valence-electron chi connectivity index (χ4n) is 3.90. The summed E-state index contributed by atoms with van der Waals surface area (Å²) in [7, 11) is 1.37. The third-order valence-electron chi connectivity index (χ3n) is 5.27. The molecule has 2 N–H and O–H groups in total. The Kier molecular flexibility index (Phi) is 7.26. The SMILES string of the molecule is COC(=O)c1ccc(CCNC(=O)C2CC3CCCCC3N2)cc1.Cl. The topological polar surface area (TPSA) is 67.4 Å². The summed E-state index contributed by atoms with van der Waals surface area (Å²) in [6.45, 7) is 0.615. The molecule has 3 rings (SSSR count). The van der Waals surface area contributed by atoms with Gasteiger partial charge in [0.2, 0.25) is 5.91 Å². The first-order valence-electron chi connectivity index (χ1n) is 8.88. The first-order valence-corrected chi connectivity index (χ1v) is 8.88. The highest BCUT2D eigenvalue weighted by molar-refractivity contribution is 5.89. The van der Waals surface area contributed by atoms with Crippen molar-refractivity contribution in [3.8, 4) is 0 Å². The molecule has 3 atom stereocenters. The van der Waals surface area contributed by atoms with Crippen LogP contribution in [0.15, 0.2) is 24.3 Å². The van der Waals surface area contributed by atoms with E-state index >= 15 is 0 Å². The van der Waals surface area contributed by atoms with E-state index in [1.807, 2.05) is 12.1 Å². The van der Waals surface area contributed by atoms with E-state index < -0.39 is 0 Å². The number of carbonyl (C=O) groups excluding carboxylic acids is 2. The lowest BCUT2D eigenvalue weighted by Gasteiger charge is -2.24. The molecule has 0 spiro atoms. The highest BCUT2D eigenvalue weighted by Gasteiger charge is 2.37. The Morgan fingerprint density at radius 2 is 1.92 bits per heavy atom. The maximum Gasteiger partial charge on any atom is 0.337 e. The van der Waals surface area contributed by atoms with Crippen LogP contribution in [0.3, 0.4) is 0 Å². The number of nitrogens with one attached hydrogen (secondary N) is 2. The molecule has 2 aliphatic rings. The van der Waals surface area contributed by atoms with Gasteiger partial charge in [0.25, 0.3) is 0 Å². The van der Waals surface area contributed by atoms with Gasteiger partial charge < -0.3 is 15.4 Å². The molecule has 1 aliphatic heterocycles. The molecule has 0 bridgehead atoms. The van der Waals surface area contributed by atoms with Crippen molar-refractivity contribution in [2.45, 2.75) is 50.6 Å². The number of fused-ring (bicyclic) bond motifs is 1. The molecule has 2 fully saturated rings. The molecule has 3 unspecified atom stereocenters. The van der Waals surface area contributed by atoms with Gasteiger partial charge >= 0.3 is 5.97 Å². The first kappa shape index (κ1) is 19.7. The van der Waals surface area contributed by atoms with Crippen LogP contribution < -0.4 is 10.6 Å². The van der Waals surface area contributed by atoms with E-state index in [1.165, 1.54) is 32.8 Å². The van der Waals surface area contributed by atoms with Crippen molar-refractivity contribution in [1.29, 1.82) is 0 Å². The Bertz CT molecular complexity index is 577. The predicted octanol–water partition coefficient (Wildman–Crippen LogP) is 2.47. The second-order valence-electron chi connectivity index (χ2n) is 6.84. The summed E-state index contributed by atoms with van der Waals surface area (Å²) in [4.78, 5) is 23.7. The lowest BCUT2D eigenvalue weighted by Crippen LogP contribution is -2.43. The maximum atomic E-state index is 12.3. The molecule has 25 heavy (non-hydrogen) atoms. The molecule has 138 valence electrons. The molecule has 0 aromatic heterocycles. The normalized spacial score (nSPS) is 24.8. The quantitative estimate of drug-likeness (QED) is 0.785. The number of amides is 1. The number of esters is 1. The zero-order valence-corrected chi connectivity index (χ0v) is 15.4. The van der Waals surface area contributed by atoms with Gasteiger partial charge in [-0.05, 0) is 49.3 Å². The summed E-state index contributed by atoms with van der Waals surface area (Å²) in [5.74, 6) is 0.472. The van der Waals surface area contributed by atoms with E-state index in [0.717, 1.165) is 18.4 Å². The van der Waals surface area contributed by atoms with Gasteiger partial charge in [0.15, 0.2) is 0 Å². The lowest BCUT2D eigenvalue weighted by atomic mass is 9.85. The summed E-state index contributed by atoms with van der Waals surface area (Å²) in [6.07, 6.45) is 6.79. The second kappa shape index (κ2) is 9.20. The molecule has 1 heterocycles. The molecule has 1 saturated carbocycles. The number of halogens is 1. The minimum atomic E-state index is -0.330. The molecule has 1 aliphatic carbocycles. The number of ether oxygens (including phenoxy) is 1. The van der Waals surface area contributed by atoms with Crippen LogP contribution in [0.25, 0.3) is 0 Å². The van der Waals surface area contributed by atoms with Gasteiger partial charge in [-0.3, -0.25) is 4.79 Å². The highest BCUT2D eigenvalue weighted by atomic mass is 35.5. The van der Waals surface area contributed by atoms with Crippen LogP contribution in [0.2, 0.25) is 0 Å². The minimum Gasteiger partial charge on any atom is -0.465 e. The van der Waals surface area contributed by atoms with Crippen molar-refractivity contribution in [3.63, 3.8) is 0 Å². The van der Waals surface area contributed by atoms with Crippen molar-refractivity contribution in [2.75, 3.05) is 13.7 Å². The lowest BCUT2D eigenvalue weighted by molar-refractivity contribution is -0.122. The van der Waals surface area contributed by atoms with E-state index in [4.69, 9.17) is 0 Å². The Balaban J connectivity index is 0.00000225. The van der Waals surface area contributed by atoms with Crippen molar-refractivity contribution in [1.82, 2.24) is 10.6 Å². The Morgan fingerprint density at radius 3 is 2.60 bits per heavy atom. The molecular formula is C19H27ClN2O3. The van der Waals surface area contributed by atoms with E-state index in [1.54, 1.807) is 12.1 Å². The smallest absolute Gasteiger partial charge is 0.337 e. The third-order valence-corrected chi connectivity index (χ3v) is 5.27. The van der Waals surface area contributed by atoms with Gasteiger partial charge in [0, 0.05) is 12.6 Å². The van der Waals surface area contributed by atoms with E-state index in [-0.39, 0.29) is 30.3 Å². The van der Waals surface area contributed by atoms with Crippen molar-refractivity contribution in [2.24, 2.45) is 5.92 Å². The van der Waals surface area contributed by atoms with E-state index in [9.17, 15) is 9.59 Å². The van der Waals surface area contributed by atoms with Crippen molar-refractivity contribution in [3.05, 3.63) is 35.4 Å². The summed E-state index contributed by atoms with van der Waals surface area (Å²) in [6, 6.07) is 7.83. The van der Waals surface area contributed by atoms with Crippen LogP contribution in [0, 0.1) is 5.92 Å². The Hall–Kier alpha value is -1.59. The van der Waals surface area contributed by atoms with E-state index in [2.05, 4.69) is 15.4 Å². The van der Waals surface area contributed by atoms with Crippen LogP contribution in [-0.4, -0.2) is 37.6 Å². The van der Waals surface area contributed by atoms with Crippen LogP contribution >= 0.6 is 12.4 Å². The maximum absolute atomic E-state index is 12.3. The first-order chi connectivity index (χ1) is 11.7. The number of methoxy groups -OCH3 is 1. The molecular weight excluding hydrogens is 340 g/mol. The molecule has 5 nitrogen and oxygen atoms in total. The minimum absolute atomic E-state index is 0. The molecule has 6 heteroatoms. The molecule has 0 radical (unpaired) electrons. The summed E-state index contributed by atoms with van der Waals surface area (Å²) in [5.41, 5.74) is 1.64. The Labute approximate surface area is 155 Å². The monoisotopic (exact) mass is 366 g/mol. The molecule has 1 saturated heterocycles. The van der Waals surface area contributed by atoms with Gasteiger partial charge in [-0.15, -0.1) is 12.4 Å². The average molecular weight is 367 g/mol. The average Bonchev–Trinajstić information content (AvgIpc) is 3.06. The summed E-state index contributed by atoms with van der Waals surface area (Å²) < 4.78 is 4.68. The fraction of sp³-hybridized carbons (Fsp3) is 0.579. The highest BCUT2D eigenvalue weighted by Crippen LogP contribution is 2.33. The number of hydrogen-bond donors (Lipinski definition) is 2. The summed E-state index contributed by atoms with van der Waals surface area (Å²) >= 11 is 0. The Morgan fingerprint density at radius 1 is 1.20 bits per heavy atom. The molecule has 1 aromatic carbocycles. The van der Waals surface area contributed by atoms with Gasteiger partial charge in [0.05, 0.1) is 18.7 Å². The fourth-order valence-corrected chi connectivity index (χ4v) is 3.90. The van der Waals surface area contributed by atoms with Crippen LogP contribution in [0.4, 0.5) is 0 Å². The number of rotatable bonds is 5. The molecule has 1 aromatic rings. The number of hydrogen-bond acceptors (Lipinski definition) is 4. The number of benzene rings is 1. The third kappa shape index (κ3) is 4.95. The van der Waals surface area contributed by atoms with E-state index in [0.29, 0.717) is 24.1 Å².